The van der Waals surface area contributed by atoms with Crippen molar-refractivity contribution in [1.29, 1.82) is 0 Å². The third-order valence-electron chi connectivity index (χ3n) is 7.28. The van der Waals surface area contributed by atoms with Gasteiger partial charge in [0.05, 0.1) is 13.3 Å². The molecule has 0 radical (unpaired) electrons. The topological polar surface area (TPSA) is 93.1 Å². The number of aromatic nitrogens is 4. The first-order chi connectivity index (χ1) is 20.8. The Morgan fingerprint density at radius 3 is 2.30 bits per heavy atom. The minimum atomic E-state index is -0.357. The molecule has 8 nitrogen and oxygen atoms in total. The molecule has 0 aliphatic heterocycles. The third-order valence-corrected chi connectivity index (χ3v) is 8.34. The molecule has 0 fully saturated rings. The number of ether oxygens (including phenoxy) is 1. The van der Waals surface area contributed by atoms with E-state index in [4.69, 9.17) is 4.74 Å². The molecule has 2 aromatic heterocycles. The van der Waals surface area contributed by atoms with Crippen molar-refractivity contribution in [3.8, 4) is 16.9 Å². The van der Waals surface area contributed by atoms with E-state index in [1.165, 1.54) is 23.9 Å². The van der Waals surface area contributed by atoms with E-state index in [2.05, 4.69) is 15.2 Å². The van der Waals surface area contributed by atoms with E-state index in [1.807, 2.05) is 55.5 Å². The number of hydrogen-bond donors (Lipinski definition) is 1. The molecule has 0 spiro atoms. The number of rotatable bonds is 11. The van der Waals surface area contributed by atoms with Crippen LogP contribution < -0.4 is 10.3 Å². The number of nitrogens with one attached hydrogen (secondary N) is 1. The smallest absolute Gasteiger partial charge is 0.277 e. The number of hydrogen-bond acceptors (Lipinski definition) is 6. The summed E-state index contributed by atoms with van der Waals surface area (Å²) < 4.78 is 20.4. The van der Waals surface area contributed by atoms with Crippen LogP contribution in [-0.4, -0.2) is 44.7 Å². The van der Waals surface area contributed by atoms with Gasteiger partial charge < -0.3 is 14.2 Å². The van der Waals surface area contributed by atoms with Crippen LogP contribution in [0.2, 0.25) is 0 Å². The molecule has 0 aliphatic carbocycles. The maximum atomic E-state index is 13.4. The molecule has 5 aromatic rings. The highest BCUT2D eigenvalue weighted by Gasteiger charge is 2.20. The third kappa shape index (κ3) is 7.39. The van der Waals surface area contributed by atoms with Gasteiger partial charge in [-0.05, 0) is 52.1 Å². The zero-order valence-electron chi connectivity index (χ0n) is 24.2. The first kappa shape index (κ1) is 29.8. The van der Waals surface area contributed by atoms with Crippen molar-refractivity contribution in [1.82, 2.24) is 24.6 Å². The highest BCUT2D eigenvalue weighted by Crippen LogP contribution is 2.26. The molecule has 0 saturated heterocycles. The molecule has 0 bridgehead atoms. The molecule has 5 rings (SSSR count). The molecule has 43 heavy (non-hydrogen) atoms. The highest BCUT2D eigenvalue weighted by molar-refractivity contribution is 7.98. The van der Waals surface area contributed by atoms with Crippen molar-refractivity contribution in [3.05, 3.63) is 130 Å². The lowest BCUT2D eigenvalue weighted by molar-refractivity contribution is -0.131. The first-order valence-electron chi connectivity index (χ1n) is 13.8. The van der Waals surface area contributed by atoms with Crippen molar-refractivity contribution in [2.45, 2.75) is 36.8 Å². The molecule has 1 atom stereocenters. The van der Waals surface area contributed by atoms with Crippen LogP contribution in [0.4, 0.5) is 4.39 Å². The molecular weight excluding hydrogens is 565 g/mol. The number of methoxy groups -OCH3 is 1. The number of likely N-dealkylation sites (N-methyl/N-ethyl adjacent to an activating group) is 1. The van der Waals surface area contributed by atoms with Gasteiger partial charge in [0.25, 0.3) is 5.56 Å². The van der Waals surface area contributed by atoms with Crippen molar-refractivity contribution < 1.29 is 13.9 Å². The van der Waals surface area contributed by atoms with Gasteiger partial charge in [-0.25, -0.2) is 4.39 Å². The molecule has 0 saturated carbocycles. The maximum Gasteiger partial charge on any atom is 0.277 e. The zero-order valence-corrected chi connectivity index (χ0v) is 25.0. The van der Waals surface area contributed by atoms with Gasteiger partial charge >= 0.3 is 0 Å². The van der Waals surface area contributed by atoms with Crippen LogP contribution in [0.25, 0.3) is 11.1 Å². The van der Waals surface area contributed by atoms with Crippen LogP contribution in [0.1, 0.15) is 35.1 Å². The summed E-state index contributed by atoms with van der Waals surface area (Å²) in [6, 6.07) is 22.1. The number of H-pyrrole nitrogens is 1. The molecule has 2 heterocycles. The number of carbonyl (C=O) groups is 1. The fraction of sp³-hybridized carbons (Fsp3) is 0.212. The average Bonchev–Trinajstić information content (AvgIpc) is 3.57. The van der Waals surface area contributed by atoms with Crippen molar-refractivity contribution >= 4 is 17.7 Å². The Labute approximate surface area is 253 Å². The normalized spacial score (nSPS) is 11.7. The second-order valence-electron chi connectivity index (χ2n) is 10.3. The van der Waals surface area contributed by atoms with E-state index in [9.17, 15) is 14.0 Å². The number of thioether (sulfide) groups is 1. The van der Waals surface area contributed by atoms with Gasteiger partial charge in [0, 0.05) is 43.2 Å². The standard InChI is InChI=1S/C33H32FN5O3S/c1-22(27-16-35-36-17-27)30-19-39(33(37-32(30)41)43-21-24-6-12-28(34)13-7-24)20-31(40)38(2)18-23-4-8-25(9-5-23)26-10-14-29(42-3)15-11-26/h4-17,19,22H,18,20-21H2,1-3H3,(H,35,36). The Kier molecular flexibility index (Phi) is 9.36. The summed E-state index contributed by atoms with van der Waals surface area (Å²) in [5, 5.41) is 7.20. The Balaban J connectivity index is 1.33. The largest absolute Gasteiger partial charge is 0.497 e. The van der Waals surface area contributed by atoms with Crippen LogP contribution in [0.3, 0.4) is 0 Å². The van der Waals surface area contributed by atoms with Crippen LogP contribution in [0, 0.1) is 5.82 Å². The van der Waals surface area contributed by atoms with Crippen molar-refractivity contribution in [3.63, 3.8) is 0 Å². The van der Waals surface area contributed by atoms with E-state index in [-0.39, 0.29) is 29.7 Å². The summed E-state index contributed by atoms with van der Waals surface area (Å²) >= 11 is 1.33. The summed E-state index contributed by atoms with van der Waals surface area (Å²) in [5.74, 6) is 0.561. The molecule has 0 aliphatic rings. The van der Waals surface area contributed by atoms with Crippen LogP contribution in [0.5, 0.6) is 5.75 Å². The van der Waals surface area contributed by atoms with Gasteiger partial charge in [0.1, 0.15) is 18.1 Å². The van der Waals surface area contributed by atoms with Gasteiger partial charge in [-0.2, -0.15) is 10.1 Å². The van der Waals surface area contributed by atoms with E-state index in [1.54, 1.807) is 54.3 Å². The first-order valence-corrected chi connectivity index (χ1v) is 14.7. The van der Waals surface area contributed by atoms with Crippen LogP contribution in [0.15, 0.2) is 101 Å². The molecule has 3 aromatic carbocycles. The SMILES string of the molecule is COc1ccc(-c2ccc(CN(C)C(=O)Cn3cc(C(C)c4cn[nH]c4)c(=O)nc3SCc3ccc(F)cc3)cc2)cc1. The molecule has 220 valence electrons. The van der Waals surface area contributed by atoms with E-state index in [0.29, 0.717) is 23.0 Å². The van der Waals surface area contributed by atoms with E-state index < -0.39 is 0 Å². The van der Waals surface area contributed by atoms with Crippen molar-refractivity contribution in [2.24, 2.45) is 0 Å². The molecular formula is C33H32FN5O3S. The number of carbonyl (C=O) groups excluding carboxylic acids is 1. The predicted octanol–water partition coefficient (Wildman–Crippen LogP) is 5.88. The molecule has 1 unspecified atom stereocenters. The number of benzene rings is 3. The number of aromatic amines is 1. The van der Waals surface area contributed by atoms with Crippen LogP contribution >= 0.6 is 11.8 Å². The highest BCUT2D eigenvalue weighted by atomic mass is 32.2. The van der Waals surface area contributed by atoms with Gasteiger partial charge in [-0.3, -0.25) is 14.7 Å². The Morgan fingerprint density at radius 2 is 1.67 bits per heavy atom. The summed E-state index contributed by atoms with van der Waals surface area (Å²) in [7, 11) is 3.40. The molecule has 10 heteroatoms. The summed E-state index contributed by atoms with van der Waals surface area (Å²) in [5.41, 5.74) is 4.98. The van der Waals surface area contributed by atoms with Crippen molar-refractivity contribution in [2.75, 3.05) is 14.2 Å². The average molecular weight is 598 g/mol. The van der Waals surface area contributed by atoms with Gasteiger partial charge in [-0.15, -0.1) is 0 Å². The van der Waals surface area contributed by atoms with E-state index in [0.717, 1.165) is 33.6 Å². The van der Waals surface area contributed by atoms with Crippen LogP contribution in [-0.2, 0) is 23.6 Å². The molecule has 1 amide bonds. The fourth-order valence-electron chi connectivity index (χ4n) is 4.64. The van der Waals surface area contributed by atoms with Gasteiger partial charge in [0.15, 0.2) is 5.16 Å². The Hall–Kier alpha value is -4.70. The Morgan fingerprint density at radius 1 is 1.02 bits per heavy atom. The zero-order chi connectivity index (χ0) is 30.3. The summed E-state index contributed by atoms with van der Waals surface area (Å²) in [6.45, 7) is 2.33. The monoisotopic (exact) mass is 597 g/mol. The van der Waals surface area contributed by atoms with Gasteiger partial charge in [0.2, 0.25) is 5.91 Å². The lowest BCUT2D eigenvalue weighted by Crippen LogP contribution is -2.31. The Bertz CT molecular complexity index is 1720. The second-order valence-corrected chi connectivity index (χ2v) is 11.2. The lowest BCUT2D eigenvalue weighted by Gasteiger charge is -2.21. The quantitative estimate of drug-likeness (QED) is 0.151. The maximum absolute atomic E-state index is 13.4. The summed E-state index contributed by atoms with van der Waals surface area (Å²) in [4.78, 5) is 32.6. The minimum Gasteiger partial charge on any atom is -0.497 e. The number of halogens is 1. The second kappa shape index (κ2) is 13.5. The fourth-order valence-corrected chi connectivity index (χ4v) is 5.56. The number of nitrogens with zero attached hydrogens (tertiary/aromatic N) is 4. The lowest BCUT2D eigenvalue weighted by atomic mass is 9.98. The summed E-state index contributed by atoms with van der Waals surface area (Å²) in [6.07, 6.45) is 5.13. The predicted molar refractivity (Wildman–Crippen MR) is 165 cm³/mol. The number of amides is 1. The molecule has 1 N–H and O–H groups in total. The van der Waals surface area contributed by atoms with E-state index >= 15 is 0 Å². The van der Waals surface area contributed by atoms with Gasteiger partial charge in [-0.1, -0.05) is 67.2 Å². The minimum absolute atomic E-state index is 0.00453.